The number of carbonyl (C=O) groups excluding carboxylic acids is 1. The van der Waals surface area contributed by atoms with Crippen molar-refractivity contribution in [3.05, 3.63) is 35.4 Å². The molecule has 1 aromatic rings. The predicted octanol–water partition coefficient (Wildman–Crippen LogP) is 0.680. The number of halogens is 2. The van der Waals surface area contributed by atoms with Gasteiger partial charge in [0, 0.05) is 26.2 Å². The highest BCUT2D eigenvalue weighted by Crippen LogP contribution is 2.17. The fraction of sp³-hybridized carbons (Fsp3) is 0.462. The molecule has 19 heavy (non-hydrogen) atoms. The molecule has 1 amide bonds. The Labute approximate surface area is 110 Å². The molecular formula is C13H17F2N3O. The summed E-state index contributed by atoms with van der Waals surface area (Å²) >= 11 is 0. The first-order chi connectivity index (χ1) is 9.04. The third-order valence-electron chi connectivity index (χ3n) is 3.40. The van der Waals surface area contributed by atoms with Gasteiger partial charge in [-0.25, -0.2) is 8.78 Å². The maximum Gasteiger partial charge on any atom is 0.257 e. The van der Waals surface area contributed by atoms with Gasteiger partial charge in [-0.1, -0.05) is 6.07 Å². The smallest absolute Gasteiger partial charge is 0.257 e. The quantitative estimate of drug-likeness (QED) is 0.859. The number of nitrogens with zero attached hydrogens (tertiary/aromatic N) is 2. The van der Waals surface area contributed by atoms with Crippen LogP contribution in [0.2, 0.25) is 0 Å². The van der Waals surface area contributed by atoms with Crippen molar-refractivity contribution in [3.8, 4) is 0 Å². The third kappa shape index (κ3) is 2.74. The molecule has 4 nitrogen and oxygen atoms in total. The zero-order valence-corrected chi connectivity index (χ0v) is 10.8. The first kappa shape index (κ1) is 13.9. The van der Waals surface area contributed by atoms with Crippen LogP contribution in [0, 0.1) is 11.6 Å². The molecule has 104 valence electrons. The summed E-state index contributed by atoms with van der Waals surface area (Å²) in [6.07, 6.45) is 0. The van der Waals surface area contributed by atoms with Crippen molar-refractivity contribution in [2.24, 2.45) is 5.73 Å². The van der Waals surface area contributed by atoms with Crippen LogP contribution in [-0.2, 0) is 0 Å². The molecule has 1 aromatic carbocycles. The molecule has 0 bridgehead atoms. The van der Waals surface area contributed by atoms with Gasteiger partial charge in [0.05, 0.1) is 11.6 Å². The van der Waals surface area contributed by atoms with E-state index in [0.717, 1.165) is 6.07 Å². The van der Waals surface area contributed by atoms with Crippen LogP contribution in [0.4, 0.5) is 8.78 Å². The molecule has 0 radical (unpaired) electrons. The second-order valence-electron chi connectivity index (χ2n) is 4.75. The number of carbonyl (C=O) groups is 1. The van der Waals surface area contributed by atoms with E-state index in [1.54, 1.807) is 0 Å². The van der Waals surface area contributed by atoms with Gasteiger partial charge in [0.25, 0.3) is 5.91 Å². The number of benzene rings is 1. The van der Waals surface area contributed by atoms with Gasteiger partial charge < -0.3 is 15.5 Å². The van der Waals surface area contributed by atoms with E-state index >= 15 is 0 Å². The minimum Gasteiger partial charge on any atom is -0.332 e. The number of rotatable bonds is 2. The predicted molar refractivity (Wildman–Crippen MR) is 67.7 cm³/mol. The van der Waals surface area contributed by atoms with Crippen LogP contribution >= 0.6 is 0 Å². The molecule has 0 aliphatic carbocycles. The molecule has 1 atom stereocenters. The van der Waals surface area contributed by atoms with Crippen molar-refractivity contribution >= 4 is 5.91 Å². The summed E-state index contributed by atoms with van der Waals surface area (Å²) in [5.41, 5.74) is 5.42. The Bertz CT molecular complexity index is 481. The van der Waals surface area contributed by atoms with Crippen molar-refractivity contribution in [1.29, 1.82) is 0 Å². The number of likely N-dealkylation sites (N-methyl/N-ethyl adjacent to an activating group) is 1. The Balaban J connectivity index is 2.25. The first-order valence-corrected chi connectivity index (χ1v) is 6.18. The molecule has 1 aliphatic heterocycles. The maximum atomic E-state index is 13.7. The van der Waals surface area contributed by atoms with Gasteiger partial charge in [0.15, 0.2) is 11.6 Å². The van der Waals surface area contributed by atoms with E-state index in [1.807, 2.05) is 7.05 Å². The largest absolute Gasteiger partial charge is 0.332 e. The monoisotopic (exact) mass is 269 g/mol. The van der Waals surface area contributed by atoms with Crippen molar-refractivity contribution in [3.63, 3.8) is 0 Å². The molecule has 0 spiro atoms. The van der Waals surface area contributed by atoms with E-state index < -0.39 is 17.5 Å². The molecule has 0 saturated carbocycles. The highest BCUT2D eigenvalue weighted by atomic mass is 19.2. The lowest BCUT2D eigenvalue weighted by molar-refractivity contribution is 0.0510. The molecule has 1 unspecified atom stereocenters. The van der Waals surface area contributed by atoms with Gasteiger partial charge in [0.2, 0.25) is 0 Å². The maximum absolute atomic E-state index is 13.7. The zero-order valence-electron chi connectivity index (χ0n) is 10.8. The Morgan fingerprint density at radius 2 is 2.16 bits per heavy atom. The zero-order chi connectivity index (χ0) is 14.0. The van der Waals surface area contributed by atoms with E-state index in [2.05, 4.69) is 4.90 Å². The summed E-state index contributed by atoms with van der Waals surface area (Å²) in [5, 5.41) is 0. The number of hydrogen-bond acceptors (Lipinski definition) is 3. The van der Waals surface area contributed by atoms with Crippen molar-refractivity contribution < 1.29 is 13.6 Å². The van der Waals surface area contributed by atoms with Crippen LogP contribution in [0.15, 0.2) is 18.2 Å². The average molecular weight is 269 g/mol. The van der Waals surface area contributed by atoms with Crippen LogP contribution in [0.25, 0.3) is 0 Å². The van der Waals surface area contributed by atoms with Gasteiger partial charge in [-0.05, 0) is 19.2 Å². The lowest BCUT2D eigenvalue weighted by atomic mass is 10.1. The highest BCUT2D eigenvalue weighted by molar-refractivity contribution is 5.94. The van der Waals surface area contributed by atoms with Crippen LogP contribution in [0.5, 0.6) is 0 Å². The highest BCUT2D eigenvalue weighted by Gasteiger charge is 2.30. The lowest BCUT2D eigenvalue weighted by Gasteiger charge is -2.39. The van der Waals surface area contributed by atoms with Crippen molar-refractivity contribution in [2.45, 2.75) is 6.04 Å². The number of amides is 1. The molecule has 6 heteroatoms. The van der Waals surface area contributed by atoms with E-state index in [9.17, 15) is 13.6 Å². The summed E-state index contributed by atoms with van der Waals surface area (Å²) in [5.74, 6) is -2.60. The summed E-state index contributed by atoms with van der Waals surface area (Å²) in [4.78, 5) is 15.9. The Kier molecular flexibility index (Phi) is 4.11. The summed E-state index contributed by atoms with van der Waals surface area (Å²) in [6, 6.07) is 3.46. The van der Waals surface area contributed by atoms with E-state index in [1.165, 1.54) is 17.0 Å². The van der Waals surface area contributed by atoms with Gasteiger partial charge in [-0.3, -0.25) is 4.79 Å². The SMILES string of the molecule is CN1CCN(C(=O)c2cccc(F)c2F)C(CN)C1. The Morgan fingerprint density at radius 3 is 2.84 bits per heavy atom. The average Bonchev–Trinajstić information content (AvgIpc) is 2.41. The van der Waals surface area contributed by atoms with Crippen LogP contribution in [0.1, 0.15) is 10.4 Å². The van der Waals surface area contributed by atoms with E-state index in [-0.39, 0.29) is 11.6 Å². The Morgan fingerprint density at radius 1 is 1.42 bits per heavy atom. The van der Waals surface area contributed by atoms with Crippen LogP contribution in [-0.4, -0.2) is 55.0 Å². The standard InChI is InChI=1S/C13H17F2N3O/c1-17-5-6-18(9(7-16)8-17)13(19)10-3-2-4-11(14)12(10)15/h2-4,9H,5-8,16H2,1H3. The minimum atomic E-state index is -1.10. The topological polar surface area (TPSA) is 49.6 Å². The molecular weight excluding hydrogens is 252 g/mol. The minimum absolute atomic E-state index is 0.172. The molecule has 1 aliphatic rings. The van der Waals surface area contributed by atoms with E-state index in [0.29, 0.717) is 26.2 Å². The summed E-state index contributed by atoms with van der Waals surface area (Å²) in [7, 11) is 1.94. The van der Waals surface area contributed by atoms with Crippen molar-refractivity contribution in [1.82, 2.24) is 9.80 Å². The number of piperazine rings is 1. The molecule has 1 heterocycles. The molecule has 0 aromatic heterocycles. The van der Waals surface area contributed by atoms with Gasteiger partial charge >= 0.3 is 0 Å². The third-order valence-corrected chi connectivity index (χ3v) is 3.40. The number of nitrogens with two attached hydrogens (primary N) is 1. The molecule has 1 saturated heterocycles. The fourth-order valence-corrected chi connectivity index (χ4v) is 2.30. The summed E-state index contributed by atoms with van der Waals surface area (Å²) < 4.78 is 26.8. The molecule has 1 fully saturated rings. The summed E-state index contributed by atoms with van der Waals surface area (Å²) in [6.45, 7) is 2.10. The first-order valence-electron chi connectivity index (χ1n) is 6.18. The second-order valence-corrected chi connectivity index (χ2v) is 4.75. The van der Waals surface area contributed by atoms with Gasteiger partial charge in [-0.15, -0.1) is 0 Å². The Hall–Kier alpha value is -1.53. The van der Waals surface area contributed by atoms with Crippen LogP contribution in [0.3, 0.4) is 0 Å². The lowest BCUT2D eigenvalue weighted by Crippen LogP contribution is -2.56. The molecule has 2 N–H and O–H groups in total. The second kappa shape index (κ2) is 5.63. The van der Waals surface area contributed by atoms with Crippen LogP contribution < -0.4 is 5.73 Å². The van der Waals surface area contributed by atoms with Crippen molar-refractivity contribution in [2.75, 3.05) is 33.2 Å². The fourth-order valence-electron chi connectivity index (χ4n) is 2.30. The van der Waals surface area contributed by atoms with E-state index in [4.69, 9.17) is 5.73 Å². The normalized spacial score (nSPS) is 20.6. The van der Waals surface area contributed by atoms with Gasteiger partial charge in [0.1, 0.15) is 0 Å². The molecule has 2 rings (SSSR count). The number of hydrogen-bond donors (Lipinski definition) is 1. The van der Waals surface area contributed by atoms with Gasteiger partial charge in [-0.2, -0.15) is 0 Å².